The highest BCUT2D eigenvalue weighted by molar-refractivity contribution is 5.69. The number of hydrogen-bond donors (Lipinski definition) is 2. The number of unbranched alkanes of at least 4 members (excludes halogenated alkanes) is 8. The molecule has 0 fully saturated rings. The SMILES string of the molecule is CCCCCC=CCC=CCCCCCCCC(=O)OCC(CC)(CO)CO. The first-order valence-corrected chi connectivity index (χ1v) is 11.3. The highest BCUT2D eigenvalue weighted by Gasteiger charge is 2.28. The maximum Gasteiger partial charge on any atom is 0.305 e. The van der Waals surface area contributed by atoms with Gasteiger partial charge in [-0.15, -0.1) is 0 Å². The number of allylic oxidation sites excluding steroid dienone is 4. The molecule has 4 heteroatoms. The zero-order valence-electron chi connectivity index (χ0n) is 18.3. The van der Waals surface area contributed by atoms with Crippen LogP contribution in [0.15, 0.2) is 24.3 Å². The van der Waals surface area contributed by atoms with E-state index < -0.39 is 5.41 Å². The monoisotopic (exact) mass is 396 g/mol. The summed E-state index contributed by atoms with van der Waals surface area (Å²) in [6.45, 7) is 3.86. The largest absolute Gasteiger partial charge is 0.465 e. The van der Waals surface area contributed by atoms with Crippen molar-refractivity contribution in [1.29, 1.82) is 0 Å². The Hall–Kier alpha value is -1.13. The van der Waals surface area contributed by atoms with Gasteiger partial charge in [0.05, 0.1) is 18.6 Å². The third-order valence-electron chi connectivity index (χ3n) is 5.29. The molecule has 0 radical (unpaired) electrons. The van der Waals surface area contributed by atoms with Crippen molar-refractivity contribution in [2.45, 2.75) is 97.3 Å². The molecule has 164 valence electrons. The number of hydrogen-bond acceptors (Lipinski definition) is 4. The quantitative estimate of drug-likeness (QED) is 0.166. The Labute approximate surface area is 173 Å². The molecule has 0 heterocycles. The van der Waals surface area contributed by atoms with Gasteiger partial charge < -0.3 is 14.9 Å². The lowest BCUT2D eigenvalue weighted by atomic mass is 9.88. The van der Waals surface area contributed by atoms with Gasteiger partial charge in [-0.2, -0.15) is 0 Å². The maximum absolute atomic E-state index is 11.8. The molecule has 0 aromatic rings. The minimum absolute atomic E-state index is 0.0929. The van der Waals surface area contributed by atoms with Gasteiger partial charge in [0.15, 0.2) is 0 Å². The summed E-state index contributed by atoms with van der Waals surface area (Å²) < 4.78 is 5.23. The van der Waals surface area contributed by atoms with Crippen LogP contribution >= 0.6 is 0 Å². The molecule has 0 aromatic heterocycles. The summed E-state index contributed by atoms with van der Waals surface area (Å²) in [6, 6.07) is 0. The second-order valence-corrected chi connectivity index (χ2v) is 7.81. The lowest BCUT2D eigenvalue weighted by Gasteiger charge is -2.27. The number of aliphatic hydroxyl groups excluding tert-OH is 2. The van der Waals surface area contributed by atoms with Gasteiger partial charge in [0.2, 0.25) is 0 Å². The normalized spacial score (nSPS) is 12.3. The number of aliphatic hydroxyl groups is 2. The molecule has 0 aliphatic rings. The molecular weight excluding hydrogens is 352 g/mol. The van der Waals surface area contributed by atoms with Crippen LogP contribution in [0.4, 0.5) is 0 Å². The second kappa shape index (κ2) is 19.2. The summed E-state index contributed by atoms with van der Waals surface area (Å²) in [6.07, 6.45) is 22.8. The zero-order chi connectivity index (χ0) is 20.9. The van der Waals surface area contributed by atoms with E-state index in [0.29, 0.717) is 12.8 Å². The molecule has 2 N–H and O–H groups in total. The number of rotatable bonds is 19. The van der Waals surface area contributed by atoms with E-state index >= 15 is 0 Å². The van der Waals surface area contributed by atoms with Gasteiger partial charge in [0, 0.05) is 6.42 Å². The van der Waals surface area contributed by atoms with Crippen molar-refractivity contribution in [1.82, 2.24) is 0 Å². The Bertz CT molecular complexity index is 403. The Morgan fingerprint density at radius 2 is 1.39 bits per heavy atom. The summed E-state index contributed by atoms with van der Waals surface area (Å²) >= 11 is 0. The van der Waals surface area contributed by atoms with E-state index in [4.69, 9.17) is 4.74 Å². The van der Waals surface area contributed by atoms with Crippen LogP contribution in [0.2, 0.25) is 0 Å². The van der Waals surface area contributed by atoms with E-state index in [1.54, 1.807) is 0 Å². The highest BCUT2D eigenvalue weighted by Crippen LogP contribution is 2.21. The van der Waals surface area contributed by atoms with Crippen molar-refractivity contribution in [3.63, 3.8) is 0 Å². The molecule has 0 saturated heterocycles. The third kappa shape index (κ3) is 14.9. The van der Waals surface area contributed by atoms with Crippen LogP contribution in [0, 0.1) is 5.41 Å². The molecule has 4 nitrogen and oxygen atoms in total. The highest BCUT2D eigenvalue weighted by atomic mass is 16.5. The van der Waals surface area contributed by atoms with E-state index in [-0.39, 0.29) is 25.8 Å². The van der Waals surface area contributed by atoms with Crippen LogP contribution in [0.3, 0.4) is 0 Å². The van der Waals surface area contributed by atoms with Crippen molar-refractivity contribution in [3.8, 4) is 0 Å². The van der Waals surface area contributed by atoms with Gasteiger partial charge in [0.1, 0.15) is 6.61 Å². The van der Waals surface area contributed by atoms with Crippen LogP contribution < -0.4 is 0 Å². The molecule has 0 bridgehead atoms. The molecule has 0 aliphatic heterocycles. The van der Waals surface area contributed by atoms with Crippen LogP contribution in [-0.2, 0) is 9.53 Å². The fourth-order valence-corrected chi connectivity index (χ4v) is 2.85. The number of esters is 1. The molecule has 0 rings (SSSR count). The lowest BCUT2D eigenvalue weighted by Crippen LogP contribution is -2.35. The van der Waals surface area contributed by atoms with E-state index in [9.17, 15) is 15.0 Å². The van der Waals surface area contributed by atoms with Crippen LogP contribution in [0.5, 0.6) is 0 Å². The standard InChI is InChI=1S/C24H44O4/c1-3-5-6-7-8-9-10-11-12-13-14-15-16-17-18-19-23(27)28-22-24(4-2,20-25)21-26/h8-9,11-12,25-26H,3-7,10,13-22H2,1-2H3. The van der Waals surface area contributed by atoms with Gasteiger partial charge in [-0.1, -0.05) is 70.3 Å². The predicted molar refractivity (Wildman–Crippen MR) is 117 cm³/mol. The van der Waals surface area contributed by atoms with Crippen LogP contribution in [0.1, 0.15) is 97.3 Å². The number of carbonyl (C=O) groups excluding carboxylic acids is 1. The van der Waals surface area contributed by atoms with Gasteiger partial charge in [-0.3, -0.25) is 4.79 Å². The molecule has 0 amide bonds. The summed E-state index contributed by atoms with van der Waals surface area (Å²) in [5, 5.41) is 18.7. The van der Waals surface area contributed by atoms with Crippen LogP contribution in [0.25, 0.3) is 0 Å². The van der Waals surface area contributed by atoms with Crippen molar-refractivity contribution >= 4 is 5.97 Å². The van der Waals surface area contributed by atoms with Crippen LogP contribution in [-0.4, -0.2) is 36.0 Å². The number of ether oxygens (including phenoxy) is 1. The molecule has 28 heavy (non-hydrogen) atoms. The van der Waals surface area contributed by atoms with E-state index in [0.717, 1.165) is 32.1 Å². The Kier molecular flexibility index (Phi) is 18.4. The topological polar surface area (TPSA) is 66.8 Å². The maximum atomic E-state index is 11.8. The van der Waals surface area contributed by atoms with Crippen molar-refractivity contribution in [2.75, 3.05) is 19.8 Å². The first-order valence-electron chi connectivity index (χ1n) is 11.3. The summed E-state index contributed by atoms with van der Waals surface area (Å²) in [5.41, 5.74) is -0.700. The first kappa shape index (κ1) is 26.9. The minimum atomic E-state index is -0.700. The van der Waals surface area contributed by atoms with Crippen molar-refractivity contribution in [3.05, 3.63) is 24.3 Å². The molecule has 0 spiro atoms. The molecule has 0 unspecified atom stereocenters. The van der Waals surface area contributed by atoms with Gasteiger partial charge in [0.25, 0.3) is 0 Å². The van der Waals surface area contributed by atoms with Crippen molar-refractivity contribution in [2.24, 2.45) is 5.41 Å². The fraction of sp³-hybridized carbons (Fsp3) is 0.792. The molecule has 0 aliphatic carbocycles. The summed E-state index contributed by atoms with van der Waals surface area (Å²) in [5.74, 6) is -0.231. The smallest absolute Gasteiger partial charge is 0.305 e. The van der Waals surface area contributed by atoms with E-state index in [1.165, 1.54) is 38.5 Å². The van der Waals surface area contributed by atoms with E-state index in [1.807, 2.05) is 6.92 Å². The van der Waals surface area contributed by atoms with Gasteiger partial charge in [-0.25, -0.2) is 0 Å². The lowest BCUT2D eigenvalue weighted by molar-refractivity contribution is -0.149. The second-order valence-electron chi connectivity index (χ2n) is 7.81. The molecule has 0 atom stereocenters. The Morgan fingerprint density at radius 3 is 1.96 bits per heavy atom. The van der Waals surface area contributed by atoms with E-state index in [2.05, 4.69) is 31.2 Å². The average Bonchev–Trinajstić information content (AvgIpc) is 2.72. The van der Waals surface area contributed by atoms with Crippen molar-refractivity contribution < 1.29 is 19.7 Å². The summed E-state index contributed by atoms with van der Waals surface area (Å²) in [4.78, 5) is 11.8. The van der Waals surface area contributed by atoms with Gasteiger partial charge in [-0.05, 0) is 44.9 Å². The van der Waals surface area contributed by atoms with Gasteiger partial charge >= 0.3 is 5.97 Å². The molecule has 0 saturated carbocycles. The Balaban J connectivity index is 3.52. The Morgan fingerprint density at radius 1 is 0.821 bits per heavy atom. The molecular formula is C24H44O4. The summed E-state index contributed by atoms with van der Waals surface area (Å²) in [7, 11) is 0. The number of carbonyl (C=O) groups is 1. The first-order chi connectivity index (χ1) is 13.6. The minimum Gasteiger partial charge on any atom is -0.465 e. The molecule has 0 aromatic carbocycles. The average molecular weight is 397 g/mol. The third-order valence-corrected chi connectivity index (χ3v) is 5.29. The zero-order valence-corrected chi connectivity index (χ0v) is 18.3. The predicted octanol–water partition coefficient (Wildman–Crippen LogP) is 5.72. The fourth-order valence-electron chi connectivity index (χ4n) is 2.85.